The van der Waals surface area contributed by atoms with E-state index in [2.05, 4.69) is 41.9 Å². The molecule has 1 aliphatic rings. The van der Waals surface area contributed by atoms with Gasteiger partial charge in [0.1, 0.15) is 6.61 Å². The van der Waals surface area contributed by atoms with Gasteiger partial charge in [-0.3, -0.25) is 4.79 Å². The van der Waals surface area contributed by atoms with Crippen molar-refractivity contribution in [2.24, 2.45) is 5.10 Å². The molecule has 0 fully saturated rings. The minimum Gasteiger partial charge on any atom is -0.485 e. The number of fused-ring (bicyclic) bond motifs is 1. The Morgan fingerprint density at radius 2 is 2.04 bits per heavy atom. The largest absolute Gasteiger partial charge is 0.485 e. The van der Waals surface area contributed by atoms with Crippen LogP contribution in [-0.4, -0.2) is 29.4 Å². The standard InChI is InChI=1S/C19H23N3O3/c1-12(2)22-13(3)9-15(14(22)4)10-20-21-19(23)18-11-24-16-7-5-6-8-17(16)25-18/h5-10,12,18H,11H2,1-4H3,(H,21,23)/b20-10-/t18-/m0/s1. The third-order valence-corrected chi connectivity index (χ3v) is 4.22. The van der Waals surface area contributed by atoms with Gasteiger partial charge < -0.3 is 14.0 Å². The van der Waals surface area contributed by atoms with Gasteiger partial charge in [0.15, 0.2) is 11.5 Å². The topological polar surface area (TPSA) is 64.8 Å². The maximum Gasteiger partial charge on any atom is 0.284 e. The van der Waals surface area contributed by atoms with Gasteiger partial charge >= 0.3 is 0 Å². The summed E-state index contributed by atoms with van der Waals surface area (Å²) < 4.78 is 13.4. The van der Waals surface area contributed by atoms with Crippen LogP contribution in [0.15, 0.2) is 35.4 Å². The van der Waals surface area contributed by atoms with Gasteiger partial charge in [-0.2, -0.15) is 5.10 Å². The molecule has 0 aliphatic carbocycles. The summed E-state index contributed by atoms with van der Waals surface area (Å²) in [5, 5.41) is 4.07. The number of nitrogens with one attached hydrogen (secondary N) is 1. The summed E-state index contributed by atoms with van der Waals surface area (Å²) in [7, 11) is 0. The molecule has 0 bridgehead atoms. The Balaban J connectivity index is 1.63. The Bertz CT molecular complexity index is 808. The van der Waals surface area contributed by atoms with Crippen molar-refractivity contribution in [3.63, 3.8) is 0 Å². The van der Waals surface area contributed by atoms with Crippen molar-refractivity contribution in [1.82, 2.24) is 9.99 Å². The zero-order chi connectivity index (χ0) is 18.0. The van der Waals surface area contributed by atoms with Crippen molar-refractivity contribution in [3.8, 4) is 11.5 Å². The molecule has 1 atom stereocenters. The highest BCUT2D eigenvalue weighted by molar-refractivity contribution is 5.85. The number of ether oxygens (including phenoxy) is 2. The highest BCUT2D eigenvalue weighted by Crippen LogP contribution is 2.30. The summed E-state index contributed by atoms with van der Waals surface area (Å²) in [4.78, 5) is 12.2. The maximum atomic E-state index is 12.2. The van der Waals surface area contributed by atoms with Crippen molar-refractivity contribution in [2.75, 3.05) is 6.61 Å². The van der Waals surface area contributed by atoms with Crippen molar-refractivity contribution in [3.05, 3.63) is 47.3 Å². The maximum absolute atomic E-state index is 12.2. The molecule has 1 N–H and O–H groups in total. The zero-order valence-electron chi connectivity index (χ0n) is 14.9. The van der Waals surface area contributed by atoms with E-state index in [4.69, 9.17) is 9.47 Å². The van der Waals surface area contributed by atoms with Crippen molar-refractivity contribution in [1.29, 1.82) is 0 Å². The molecule has 25 heavy (non-hydrogen) atoms. The summed E-state index contributed by atoms with van der Waals surface area (Å²) in [6, 6.07) is 9.72. The number of aryl methyl sites for hydroxylation is 1. The summed E-state index contributed by atoms with van der Waals surface area (Å²) in [5.41, 5.74) is 5.81. The molecule has 3 rings (SSSR count). The molecule has 6 heteroatoms. The van der Waals surface area contributed by atoms with Crippen molar-refractivity contribution in [2.45, 2.75) is 39.8 Å². The number of para-hydroxylation sites is 2. The molecule has 2 aromatic rings. The second kappa shape index (κ2) is 7.01. The van der Waals surface area contributed by atoms with Gasteiger partial charge in [-0.05, 0) is 45.9 Å². The lowest BCUT2D eigenvalue weighted by molar-refractivity contribution is -0.130. The molecule has 1 aromatic carbocycles. The van der Waals surface area contributed by atoms with E-state index in [1.165, 1.54) is 5.69 Å². The van der Waals surface area contributed by atoms with E-state index in [9.17, 15) is 4.79 Å². The van der Waals surface area contributed by atoms with Gasteiger partial charge in [0, 0.05) is 23.0 Å². The third-order valence-electron chi connectivity index (χ3n) is 4.22. The zero-order valence-corrected chi connectivity index (χ0v) is 14.9. The average Bonchev–Trinajstić information content (AvgIpc) is 2.88. The molecule has 0 saturated carbocycles. The molecule has 0 unspecified atom stereocenters. The molecule has 0 saturated heterocycles. The van der Waals surface area contributed by atoms with Crippen LogP contribution in [0.2, 0.25) is 0 Å². The number of carbonyl (C=O) groups excluding carboxylic acids is 1. The summed E-state index contributed by atoms with van der Waals surface area (Å²) in [6.45, 7) is 8.56. The minimum absolute atomic E-state index is 0.167. The summed E-state index contributed by atoms with van der Waals surface area (Å²) >= 11 is 0. The van der Waals surface area contributed by atoms with Gasteiger partial charge in [0.25, 0.3) is 5.91 Å². The monoisotopic (exact) mass is 341 g/mol. The van der Waals surface area contributed by atoms with E-state index < -0.39 is 6.10 Å². The molecule has 0 radical (unpaired) electrons. The lowest BCUT2D eigenvalue weighted by atomic mass is 10.2. The molecule has 132 valence electrons. The number of aromatic nitrogens is 1. The van der Waals surface area contributed by atoms with Gasteiger partial charge in [-0.1, -0.05) is 12.1 Å². The second-order valence-electron chi connectivity index (χ2n) is 6.39. The van der Waals surface area contributed by atoms with Crippen LogP contribution in [0.4, 0.5) is 0 Å². The molecular formula is C19H23N3O3. The summed E-state index contributed by atoms with van der Waals surface area (Å²) in [6.07, 6.45) is 0.951. The van der Waals surface area contributed by atoms with Gasteiger partial charge in [0.2, 0.25) is 6.10 Å². The first-order valence-corrected chi connectivity index (χ1v) is 8.37. The highest BCUT2D eigenvalue weighted by atomic mass is 16.6. The summed E-state index contributed by atoms with van der Waals surface area (Å²) in [5.74, 6) is 0.887. The van der Waals surface area contributed by atoms with E-state index >= 15 is 0 Å². The fraction of sp³-hybridized carbons (Fsp3) is 0.368. The quantitative estimate of drug-likeness (QED) is 0.687. The van der Waals surface area contributed by atoms with E-state index in [1.807, 2.05) is 25.1 Å². The van der Waals surface area contributed by atoms with Crippen LogP contribution in [0, 0.1) is 13.8 Å². The lowest BCUT2D eigenvalue weighted by Crippen LogP contribution is -2.42. The molecule has 1 aliphatic heterocycles. The Hall–Kier alpha value is -2.76. The van der Waals surface area contributed by atoms with E-state index in [-0.39, 0.29) is 12.5 Å². The Morgan fingerprint density at radius 1 is 1.32 bits per heavy atom. The first-order valence-electron chi connectivity index (χ1n) is 8.37. The predicted octanol–water partition coefficient (Wildman–Crippen LogP) is 2.98. The highest BCUT2D eigenvalue weighted by Gasteiger charge is 2.27. The Labute approximate surface area is 147 Å². The molecule has 0 spiro atoms. The van der Waals surface area contributed by atoms with Crippen LogP contribution in [0.3, 0.4) is 0 Å². The lowest BCUT2D eigenvalue weighted by Gasteiger charge is -2.24. The number of hydrogen-bond donors (Lipinski definition) is 1. The van der Waals surface area contributed by atoms with Crippen molar-refractivity contribution < 1.29 is 14.3 Å². The van der Waals surface area contributed by atoms with Crippen LogP contribution in [0.1, 0.15) is 36.8 Å². The van der Waals surface area contributed by atoms with Crippen LogP contribution >= 0.6 is 0 Å². The Morgan fingerprint density at radius 3 is 2.72 bits per heavy atom. The number of hydrogen-bond acceptors (Lipinski definition) is 4. The predicted molar refractivity (Wildman–Crippen MR) is 96.4 cm³/mol. The fourth-order valence-electron chi connectivity index (χ4n) is 3.11. The number of nitrogens with zero attached hydrogens (tertiary/aromatic N) is 2. The molecule has 1 aromatic heterocycles. The first kappa shape index (κ1) is 17.1. The molecule has 1 amide bonds. The van der Waals surface area contributed by atoms with E-state index in [0.717, 1.165) is 11.3 Å². The number of rotatable bonds is 4. The van der Waals surface area contributed by atoms with E-state index in [0.29, 0.717) is 17.5 Å². The number of hydrazone groups is 1. The smallest absolute Gasteiger partial charge is 0.284 e. The van der Waals surface area contributed by atoms with Gasteiger partial charge in [-0.25, -0.2) is 5.43 Å². The van der Waals surface area contributed by atoms with Crippen molar-refractivity contribution >= 4 is 12.1 Å². The van der Waals surface area contributed by atoms with Crippen LogP contribution in [0.5, 0.6) is 11.5 Å². The number of carbonyl (C=O) groups is 1. The van der Waals surface area contributed by atoms with E-state index in [1.54, 1.807) is 12.3 Å². The van der Waals surface area contributed by atoms with Gasteiger partial charge in [-0.15, -0.1) is 0 Å². The number of amides is 1. The SMILES string of the molecule is Cc1cc(/C=N\NC(=O)[C@@H]2COc3ccccc3O2)c(C)n1C(C)C. The molecule has 2 heterocycles. The molecular weight excluding hydrogens is 318 g/mol. The third kappa shape index (κ3) is 3.52. The van der Waals surface area contributed by atoms with Crippen LogP contribution in [0.25, 0.3) is 0 Å². The van der Waals surface area contributed by atoms with Crippen LogP contribution in [-0.2, 0) is 4.79 Å². The minimum atomic E-state index is -0.713. The van der Waals surface area contributed by atoms with Crippen LogP contribution < -0.4 is 14.9 Å². The first-order chi connectivity index (χ1) is 12.0. The number of benzene rings is 1. The Kier molecular flexibility index (Phi) is 4.79. The normalized spacial score (nSPS) is 16.4. The fourth-order valence-corrected chi connectivity index (χ4v) is 3.11. The second-order valence-corrected chi connectivity index (χ2v) is 6.39. The average molecular weight is 341 g/mol. The molecule has 6 nitrogen and oxygen atoms in total. The van der Waals surface area contributed by atoms with Gasteiger partial charge in [0.05, 0.1) is 6.21 Å².